The second kappa shape index (κ2) is 17.4. The molecule has 0 radical (unpaired) electrons. The maximum absolute atomic E-state index is 2.52. The molecule has 0 fully saturated rings. The standard InChI is InChI=1S/C73H73N/c1-48-22-40-57(41-23-48)74(58-42-44-62-60-18-14-16-20-64(60)72(66(62)46-58,53-32-24-49(25-33-53)68(2,3)4)54-34-26-50(27-35-54)69(5,6)7)59-43-45-63-61-19-15-17-21-65(61)73(67(63)47-59,55-36-28-51(29-37-55)70(8,9)10)56-38-30-52(31-39-56)71(11,12)13/h14-47H,1-13H3. The first-order chi connectivity index (χ1) is 35.1. The van der Waals surface area contributed by atoms with E-state index in [4.69, 9.17) is 0 Å². The highest BCUT2D eigenvalue weighted by Crippen LogP contribution is 2.60. The summed E-state index contributed by atoms with van der Waals surface area (Å²) in [5.74, 6) is 0. The van der Waals surface area contributed by atoms with Gasteiger partial charge in [-0.1, -0.05) is 259 Å². The Morgan fingerprint density at radius 1 is 0.270 bits per heavy atom. The van der Waals surface area contributed by atoms with Crippen molar-refractivity contribution < 1.29 is 0 Å². The smallest absolute Gasteiger partial charge is 0.0714 e. The summed E-state index contributed by atoms with van der Waals surface area (Å²) in [5, 5.41) is 0. The molecule has 1 heteroatoms. The average molecular weight is 964 g/mol. The molecule has 9 aromatic rings. The van der Waals surface area contributed by atoms with Gasteiger partial charge in [-0.05, 0) is 154 Å². The van der Waals surface area contributed by atoms with Crippen LogP contribution in [0.4, 0.5) is 17.1 Å². The quantitative estimate of drug-likeness (QED) is 0.154. The van der Waals surface area contributed by atoms with Crippen LogP contribution in [0.5, 0.6) is 0 Å². The molecule has 0 amide bonds. The second-order valence-electron chi connectivity index (χ2n) is 25.5. The summed E-state index contributed by atoms with van der Waals surface area (Å²) in [4.78, 5) is 2.51. The van der Waals surface area contributed by atoms with Crippen molar-refractivity contribution in [3.05, 3.63) is 279 Å². The van der Waals surface area contributed by atoms with Crippen LogP contribution >= 0.6 is 0 Å². The summed E-state index contributed by atoms with van der Waals surface area (Å²) in [6, 6.07) is 80.2. The Morgan fingerprint density at radius 3 is 0.838 bits per heavy atom. The minimum atomic E-state index is -0.582. The normalized spacial score (nSPS) is 14.5. The summed E-state index contributed by atoms with van der Waals surface area (Å²) >= 11 is 0. The van der Waals surface area contributed by atoms with Crippen molar-refractivity contribution in [2.45, 2.75) is 122 Å². The number of aryl methyl sites for hydroxylation is 1. The maximum atomic E-state index is 2.52. The van der Waals surface area contributed by atoms with Gasteiger partial charge in [0.2, 0.25) is 0 Å². The Balaban J connectivity index is 1.18. The van der Waals surface area contributed by atoms with Crippen LogP contribution in [-0.4, -0.2) is 0 Å². The van der Waals surface area contributed by atoms with E-state index in [1.54, 1.807) is 0 Å². The highest BCUT2D eigenvalue weighted by Gasteiger charge is 2.48. The highest BCUT2D eigenvalue weighted by atomic mass is 15.1. The monoisotopic (exact) mass is 964 g/mol. The highest BCUT2D eigenvalue weighted by molar-refractivity contribution is 5.92. The third kappa shape index (κ3) is 7.89. The number of hydrogen-bond donors (Lipinski definition) is 0. The lowest BCUT2D eigenvalue weighted by atomic mass is 9.66. The van der Waals surface area contributed by atoms with Crippen LogP contribution in [0.25, 0.3) is 22.3 Å². The average Bonchev–Trinajstić information content (AvgIpc) is 3.84. The molecule has 0 spiro atoms. The molecule has 1 nitrogen and oxygen atoms in total. The number of fused-ring (bicyclic) bond motifs is 6. The Morgan fingerprint density at radius 2 is 0.541 bits per heavy atom. The van der Waals surface area contributed by atoms with Gasteiger partial charge < -0.3 is 4.90 Å². The van der Waals surface area contributed by atoms with E-state index in [9.17, 15) is 0 Å². The van der Waals surface area contributed by atoms with E-state index in [1.165, 1.54) is 94.6 Å². The van der Waals surface area contributed by atoms with Crippen molar-refractivity contribution in [1.82, 2.24) is 0 Å². The molecule has 74 heavy (non-hydrogen) atoms. The van der Waals surface area contributed by atoms with Crippen molar-refractivity contribution in [2.24, 2.45) is 0 Å². The van der Waals surface area contributed by atoms with Crippen molar-refractivity contribution in [3.8, 4) is 22.3 Å². The second-order valence-corrected chi connectivity index (χ2v) is 25.5. The minimum absolute atomic E-state index is 0.0216. The zero-order valence-corrected chi connectivity index (χ0v) is 46.1. The van der Waals surface area contributed by atoms with Crippen LogP contribution in [0, 0.1) is 6.92 Å². The Labute approximate surface area is 443 Å². The van der Waals surface area contributed by atoms with Crippen LogP contribution in [0.3, 0.4) is 0 Å². The minimum Gasteiger partial charge on any atom is -0.310 e. The van der Waals surface area contributed by atoms with E-state index >= 15 is 0 Å². The van der Waals surface area contributed by atoms with E-state index in [0.29, 0.717) is 0 Å². The van der Waals surface area contributed by atoms with Gasteiger partial charge in [0.25, 0.3) is 0 Å². The number of nitrogens with zero attached hydrogens (tertiary/aromatic N) is 1. The zero-order chi connectivity index (χ0) is 52.2. The van der Waals surface area contributed by atoms with Gasteiger partial charge in [-0.25, -0.2) is 0 Å². The first kappa shape index (κ1) is 49.0. The van der Waals surface area contributed by atoms with E-state index in [1.807, 2.05) is 0 Å². The van der Waals surface area contributed by atoms with Crippen molar-refractivity contribution >= 4 is 17.1 Å². The summed E-state index contributed by atoms with van der Waals surface area (Å²) in [7, 11) is 0. The first-order valence-electron chi connectivity index (χ1n) is 26.9. The van der Waals surface area contributed by atoms with Gasteiger partial charge in [-0.2, -0.15) is 0 Å². The lowest BCUT2D eigenvalue weighted by Gasteiger charge is -2.36. The third-order valence-electron chi connectivity index (χ3n) is 16.6. The molecule has 2 aliphatic rings. The largest absolute Gasteiger partial charge is 0.310 e. The fourth-order valence-corrected chi connectivity index (χ4v) is 12.4. The van der Waals surface area contributed by atoms with Crippen LogP contribution in [0.15, 0.2) is 206 Å². The van der Waals surface area contributed by atoms with Gasteiger partial charge in [-0.15, -0.1) is 0 Å². The van der Waals surface area contributed by atoms with Crippen LogP contribution < -0.4 is 4.90 Å². The summed E-state index contributed by atoms with van der Waals surface area (Å²) in [6.45, 7) is 29.9. The molecule has 9 aromatic carbocycles. The fraction of sp³-hybridized carbons (Fsp3) is 0.260. The maximum Gasteiger partial charge on any atom is 0.0714 e. The molecule has 0 atom stereocenters. The fourth-order valence-electron chi connectivity index (χ4n) is 12.4. The SMILES string of the molecule is Cc1ccc(N(c2ccc3c(c2)C(c2ccc(C(C)(C)C)cc2)(c2ccc(C(C)(C)C)cc2)c2ccccc2-3)c2ccc3c(c2)C(c2ccc(C(C)(C)C)cc2)(c2ccc(C(C)(C)C)cc2)c2ccccc2-3)cc1. The van der Waals surface area contributed by atoms with Crippen molar-refractivity contribution in [1.29, 1.82) is 0 Å². The molecule has 0 saturated heterocycles. The molecule has 2 aliphatic carbocycles. The molecular weight excluding hydrogens is 891 g/mol. The van der Waals surface area contributed by atoms with Crippen LogP contribution in [-0.2, 0) is 32.5 Å². The number of benzene rings is 9. The summed E-state index contributed by atoms with van der Waals surface area (Å²) < 4.78 is 0. The van der Waals surface area contributed by atoms with Crippen LogP contribution in [0.2, 0.25) is 0 Å². The summed E-state index contributed by atoms with van der Waals surface area (Å²) in [5.41, 5.74) is 24.2. The van der Waals surface area contributed by atoms with E-state index < -0.39 is 10.8 Å². The zero-order valence-electron chi connectivity index (χ0n) is 46.1. The van der Waals surface area contributed by atoms with Crippen molar-refractivity contribution in [3.63, 3.8) is 0 Å². The molecule has 0 unspecified atom stereocenters. The Kier molecular flexibility index (Phi) is 11.6. The van der Waals surface area contributed by atoms with Gasteiger partial charge in [-0.3, -0.25) is 0 Å². The van der Waals surface area contributed by atoms with Crippen molar-refractivity contribution in [2.75, 3.05) is 4.90 Å². The number of hydrogen-bond acceptors (Lipinski definition) is 1. The third-order valence-corrected chi connectivity index (χ3v) is 16.6. The van der Waals surface area contributed by atoms with E-state index in [0.717, 1.165) is 17.1 Å². The topological polar surface area (TPSA) is 3.24 Å². The Hall–Kier alpha value is -7.22. The molecular formula is C73H73N. The molecule has 0 bridgehead atoms. The Bertz CT molecular complexity index is 3210. The van der Waals surface area contributed by atoms with Gasteiger partial charge in [0.05, 0.1) is 10.8 Å². The molecule has 0 N–H and O–H groups in total. The molecule has 11 rings (SSSR count). The summed E-state index contributed by atoms with van der Waals surface area (Å²) in [6.07, 6.45) is 0. The predicted octanol–water partition coefficient (Wildman–Crippen LogP) is 19.4. The van der Waals surface area contributed by atoms with E-state index in [-0.39, 0.29) is 21.7 Å². The molecule has 370 valence electrons. The molecule has 0 saturated carbocycles. The predicted molar refractivity (Wildman–Crippen MR) is 315 cm³/mol. The number of rotatable bonds is 7. The van der Waals surface area contributed by atoms with Gasteiger partial charge in [0, 0.05) is 17.1 Å². The molecule has 0 aromatic heterocycles. The van der Waals surface area contributed by atoms with Gasteiger partial charge >= 0.3 is 0 Å². The van der Waals surface area contributed by atoms with Crippen LogP contribution in [0.1, 0.15) is 155 Å². The first-order valence-corrected chi connectivity index (χ1v) is 26.9. The lowest BCUT2D eigenvalue weighted by molar-refractivity contribution is 0.588. The number of anilines is 3. The molecule has 0 heterocycles. The molecule has 0 aliphatic heterocycles. The van der Waals surface area contributed by atoms with Gasteiger partial charge in [0.1, 0.15) is 0 Å². The lowest BCUT2D eigenvalue weighted by Crippen LogP contribution is -2.29. The van der Waals surface area contributed by atoms with Gasteiger partial charge in [0.15, 0.2) is 0 Å². The van der Waals surface area contributed by atoms with E-state index in [2.05, 4.69) is 301 Å².